The fourth-order valence-corrected chi connectivity index (χ4v) is 2.08. The maximum absolute atomic E-state index is 11.8. The number of primary amides is 1. The Hall–Kier alpha value is -2.03. The van der Waals surface area contributed by atoms with E-state index in [0.29, 0.717) is 0 Å². The first-order valence-corrected chi connectivity index (χ1v) is 6.05. The lowest BCUT2D eigenvalue weighted by Gasteiger charge is -2.16. The zero-order valence-corrected chi connectivity index (χ0v) is 11.1. The molecule has 0 saturated carbocycles. The van der Waals surface area contributed by atoms with Crippen LogP contribution in [0.4, 0.5) is 5.82 Å². The zero-order chi connectivity index (χ0) is 14.2. The molecule has 1 aliphatic rings. The van der Waals surface area contributed by atoms with Crippen LogP contribution in [0.3, 0.4) is 0 Å². The smallest absolute Gasteiger partial charge is 0.358 e. The van der Waals surface area contributed by atoms with Gasteiger partial charge < -0.3 is 10.8 Å². The van der Waals surface area contributed by atoms with Gasteiger partial charge in [0.05, 0.1) is 12.1 Å². The molecule has 1 fully saturated rings. The Kier molecular flexibility index (Phi) is 3.47. The minimum absolute atomic E-state index is 0.0186. The van der Waals surface area contributed by atoms with Gasteiger partial charge in [-0.1, -0.05) is 0 Å². The predicted octanol–water partition coefficient (Wildman–Crippen LogP) is -0.225. The Morgan fingerprint density at radius 2 is 2.21 bits per heavy atom. The second-order valence-electron chi connectivity index (χ2n) is 3.98. The van der Waals surface area contributed by atoms with E-state index in [1.165, 1.54) is 6.20 Å². The summed E-state index contributed by atoms with van der Waals surface area (Å²) in [6.07, 6.45) is 1.23. The molecule has 2 amide bonds. The first kappa shape index (κ1) is 13.4. The summed E-state index contributed by atoms with van der Waals surface area (Å²) >= 11 is 3.01. The molecule has 8 nitrogen and oxygen atoms in total. The fraction of sp³-hybridized carbons (Fsp3) is 0.300. The van der Waals surface area contributed by atoms with Crippen LogP contribution >= 0.6 is 15.9 Å². The molecule has 100 valence electrons. The molecule has 0 bridgehead atoms. The van der Waals surface area contributed by atoms with Crippen LogP contribution in [0.15, 0.2) is 10.8 Å². The van der Waals surface area contributed by atoms with Gasteiger partial charge in [-0.3, -0.25) is 14.5 Å². The van der Waals surface area contributed by atoms with E-state index in [0.717, 1.165) is 4.90 Å². The zero-order valence-electron chi connectivity index (χ0n) is 9.54. The summed E-state index contributed by atoms with van der Waals surface area (Å²) in [4.78, 5) is 42.8. The number of rotatable bonds is 3. The van der Waals surface area contributed by atoms with Gasteiger partial charge in [0.1, 0.15) is 4.60 Å². The molecule has 0 aromatic carbocycles. The number of hydrogen-bond acceptors (Lipinski definition) is 5. The van der Waals surface area contributed by atoms with Crippen LogP contribution in [-0.2, 0) is 9.59 Å². The van der Waals surface area contributed by atoms with Crippen molar-refractivity contribution in [2.24, 2.45) is 11.7 Å². The summed E-state index contributed by atoms with van der Waals surface area (Å²) in [5.41, 5.74) is 4.79. The van der Waals surface area contributed by atoms with Gasteiger partial charge in [-0.25, -0.2) is 14.8 Å². The minimum Gasteiger partial charge on any atom is -0.476 e. The molecule has 1 atom stereocenters. The van der Waals surface area contributed by atoms with Gasteiger partial charge in [-0.05, 0) is 15.9 Å². The number of hydrogen-bond donors (Lipinski definition) is 2. The molecule has 1 aromatic heterocycles. The molecule has 1 aromatic rings. The van der Waals surface area contributed by atoms with Crippen molar-refractivity contribution in [3.05, 3.63) is 16.5 Å². The summed E-state index contributed by atoms with van der Waals surface area (Å²) < 4.78 is 0.242. The van der Waals surface area contributed by atoms with Crippen molar-refractivity contribution in [1.82, 2.24) is 9.97 Å². The molecule has 1 saturated heterocycles. The van der Waals surface area contributed by atoms with Crippen LogP contribution in [0.2, 0.25) is 0 Å². The van der Waals surface area contributed by atoms with Crippen molar-refractivity contribution >= 4 is 39.5 Å². The molecule has 2 rings (SSSR count). The third-order valence-corrected chi connectivity index (χ3v) is 3.09. The van der Waals surface area contributed by atoms with Crippen molar-refractivity contribution in [2.75, 3.05) is 11.4 Å². The number of amides is 2. The number of carbonyl (C=O) groups is 3. The van der Waals surface area contributed by atoms with E-state index in [2.05, 4.69) is 25.9 Å². The van der Waals surface area contributed by atoms with E-state index in [-0.39, 0.29) is 29.1 Å². The summed E-state index contributed by atoms with van der Waals surface area (Å²) in [5.74, 6) is -3.02. The van der Waals surface area contributed by atoms with Crippen LogP contribution in [0, 0.1) is 5.92 Å². The van der Waals surface area contributed by atoms with Crippen LogP contribution in [0.25, 0.3) is 0 Å². The lowest BCUT2D eigenvalue weighted by Crippen LogP contribution is -2.30. The summed E-state index contributed by atoms with van der Waals surface area (Å²) in [6, 6.07) is 0. The molecule has 9 heteroatoms. The Labute approximate surface area is 115 Å². The first-order chi connectivity index (χ1) is 8.90. The quantitative estimate of drug-likeness (QED) is 0.789. The van der Waals surface area contributed by atoms with Crippen LogP contribution in [0.5, 0.6) is 0 Å². The van der Waals surface area contributed by atoms with E-state index in [9.17, 15) is 14.4 Å². The van der Waals surface area contributed by atoms with E-state index in [1.807, 2.05) is 0 Å². The number of aromatic nitrogens is 2. The number of halogens is 1. The normalized spacial score (nSPS) is 18.7. The van der Waals surface area contributed by atoms with E-state index < -0.39 is 23.7 Å². The molecule has 0 spiro atoms. The monoisotopic (exact) mass is 328 g/mol. The van der Waals surface area contributed by atoms with E-state index >= 15 is 0 Å². The lowest BCUT2D eigenvalue weighted by molar-refractivity contribution is -0.123. The number of nitrogens with zero attached hydrogens (tertiary/aromatic N) is 3. The molecular weight excluding hydrogens is 320 g/mol. The van der Waals surface area contributed by atoms with E-state index in [1.54, 1.807) is 0 Å². The second kappa shape index (κ2) is 4.92. The second-order valence-corrected chi connectivity index (χ2v) is 4.79. The highest BCUT2D eigenvalue weighted by Gasteiger charge is 2.36. The van der Waals surface area contributed by atoms with Gasteiger partial charge in [0.2, 0.25) is 11.8 Å². The van der Waals surface area contributed by atoms with Gasteiger partial charge in [0.25, 0.3) is 0 Å². The lowest BCUT2D eigenvalue weighted by atomic mass is 10.1. The molecule has 0 aliphatic carbocycles. The number of carboxylic acid groups (broad SMARTS) is 1. The third-order valence-electron chi connectivity index (χ3n) is 2.71. The number of carbonyl (C=O) groups excluding carboxylic acids is 2. The average Bonchev–Trinajstić information content (AvgIpc) is 2.71. The Morgan fingerprint density at radius 1 is 1.53 bits per heavy atom. The summed E-state index contributed by atoms with van der Waals surface area (Å²) in [6.45, 7) is 0.0186. The highest BCUT2D eigenvalue weighted by molar-refractivity contribution is 9.10. The highest BCUT2D eigenvalue weighted by atomic mass is 79.9. The molecule has 2 heterocycles. The third kappa shape index (κ3) is 2.55. The first-order valence-electron chi connectivity index (χ1n) is 5.25. The molecule has 19 heavy (non-hydrogen) atoms. The maximum Gasteiger partial charge on any atom is 0.358 e. The van der Waals surface area contributed by atoms with Crippen molar-refractivity contribution in [3.63, 3.8) is 0 Å². The van der Waals surface area contributed by atoms with Crippen LogP contribution in [-0.4, -0.2) is 39.4 Å². The minimum atomic E-state index is -1.31. The Bertz CT molecular complexity index is 577. The molecular formula is C10H9BrN4O4. The Balaban J connectivity index is 2.40. The van der Waals surface area contributed by atoms with Crippen molar-refractivity contribution in [3.8, 4) is 0 Å². The predicted molar refractivity (Wildman–Crippen MR) is 66.3 cm³/mol. The number of nitrogens with two attached hydrogens (primary N) is 1. The summed E-state index contributed by atoms with van der Waals surface area (Å²) in [5, 5.41) is 9.06. The molecule has 1 unspecified atom stereocenters. The number of anilines is 1. The van der Waals surface area contributed by atoms with Gasteiger partial charge in [0, 0.05) is 13.0 Å². The molecule has 3 N–H and O–H groups in total. The maximum atomic E-state index is 11.8. The Morgan fingerprint density at radius 3 is 2.74 bits per heavy atom. The summed E-state index contributed by atoms with van der Waals surface area (Å²) in [7, 11) is 0. The largest absolute Gasteiger partial charge is 0.476 e. The van der Waals surface area contributed by atoms with Crippen LogP contribution < -0.4 is 10.6 Å². The van der Waals surface area contributed by atoms with Gasteiger partial charge in [0.15, 0.2) is 11.5 Å². The number of aromatic carboxylic acids is 1. The standard InChI is InChI=1S/C10H9BrN4O4/c11-5-2-13-9(7(14-5)10(18)19)15-3-4(8(12)17)1-6(15)16/h2,4H,1,3H2,(H2,12,17)(H,18,19). The van der Waals surface area contributed by atoms with Gasteiger partial charge in [-0.2, -0.15) is 0 Å². The molecule has 1 aliphatic heterocycles. The van der Waals surface area contributed by atoms with Gasteiger partial charge in [-0.15, -0.1) is 0 Å². The van der Waals surface area contributed by atoms with Crippen molar-refractivity contribution < 1.29 is 19.5 Å². The fourth-order valence-electron chi connectivity index (χ4n) is 1.81. The van der Waals surface area contributed by atoms with Crippen molar-refractivity contribution in [2.45, 2.75) is 6.42 Å². The van der Waals surface area contributed by atoms with Gasteiger partial charge >= 0.3 is 5.97 Å². The topological polar surface area (TPSA) is 126 Å². The average molecular weight is 329 g/mol. The highest BCUT2D eigenvalue weighted by Crippen LogP contribution is 2.26. The van der Waals surface area contributed by atoms with Crippen LogP contribution in [0.1, 0.15) is 16.9 Å². The van der Waals surface area contributed by atoms with Crippen molar-refractivity contribution in [1.29, 1.82) is 0 Å². The number of carboxylic acids is 1. The SMILES string of the molecule is NC(=O)C1CC(=O)N(c2ncc(Br)nc2C(=O)O)C1. The molecule has 0 radical (unpaired) electrons. The van der Waals surface area contributed by atoms with E-state index in [4.69, 9.17) is 10.8 Å².